The number of carbonyl (C=O) groups is 1. The zero-order valence-electron chi connectivity index (χ0n) is 15.2. The highest BCUT2D eigenvalue weighted by Crippen LogP contribution is 2.19. The fraction of sp³-hybridized carbons (Fsp3) is 0.381. The summed E-state index contributed by atoms with van der Waals surface area (Å²) in [5.74, 6) is 0.669. The second kappa shape index (κ2) is 8.00. The van der Waals surface area contributed by atoms with Crippen LogP contribution in [0.1, 0.15) is 48.6 Å². The lowest BCUT2D eigenvalue weighted by Crippen LogP contribution is -2.39. The molecule has 0 heterocycles. The molecule has 0 fully saturated rings. The monoisotopic (exact) mass is 325 g/mol. The zero-order valence-corrected chi connectivity index (χ0v) is 15.2. The van der Waals surface area contributed by atoms with Crippen molar-refractivity contribution in [1.82, 2.24) is 5.32 Å². The topological polar surface area (TPSA) is 38.3 Å². The van der Waals surface area contributed by atoms with Gasteiger partial charge in [-0.05, 0) is 62.9 Å². The lowest BCUT2D eigenvalue weighted by molar-refractivity contribution is -0.128. The van der Waals surface area contributed by atoms with E-state index in [-0.39, 0.29) is 11.9 Å². The molecular formula is C21H27NO2. The van der Waals surface area contributed by atoms with Gasteiger partial charge in [0.25, 0.3) is 5.91 Å². The molecule has 0 aliphatic carbocycles. The van der Waals surface area contributed by atoms with Gasteiger partial charge in [0.15, 0.2) is 6.10 Å². The van der Waals surface area contributed by atoms with Crippen molar-refractivity contribution in [3.8, 4) is 5.75 Å². The smallest absolute Gasteiger partial charge is 0.261 e. The first-order valence-electron chi connectivity index (χ1n) is 8.51. The average Bonchev–Trinajstić information content (AvgIpc) is 2.52. The molecule has 3 heteroatoms. The van der Waals surface area contributed by atoms with E-state index in [4.69, 9.17) is 4.74 Å². The standard InChI is InChI=1S/C21H27NO2/c1-6-20(24-19-12-15(3)11-16(4)13-19)21(23)22-17(5)18-9-7-14(2)8-10-18/h7-13,17,20H,6H2,1-5H3,(H,22,23). The fourth-order valence-corrected chi connectivity index (χ4v) is 2.73. The van der Waals surface area contributed by atoms with Crippen LogP contribution in [0.15, 0.2) is 42.5 Å². The molecular weight excluding hydrogens is 298 g/mol. The number of amides is 1. The van der Waals surface area contributed by atoms with Crippen LogP contribution in [-0.2, 0) is 4.79 Å². The molecule has 0 saturated carbocycles. The predicted molar refractivity (Wildman–Crippen MR) is 98.4 cm³/mol. The molecule has 0 bridgehead atoms. The Balaban J connectivity index is 2.04. The van der Waals surface area contributed by atoms with Crippen molar-refractivity contribution >= 4 is 5.91 Å². The third-order valence-corrected chi connectivity index (χ3v) is 4.07. The maximum Gasteiger partial charge on any atom is 0.261 e. The van der Waals surface area contributed by atoms with E-state index in [2.05, 4.69) is 30.4 Å². The van der Waals surface area contributed by atoms with Crippen molar-refractivity contribution in [2.75, 3.05) is 0 Å². The summed E-state index contributed by atoms with van der Waals surface area (Å²) < 4.78 is 5.93. The Hall–Kier alpha value is -2.29. The van der Waals surface area contributed by atoms with Crippen molar-refractivity contribution < 1.29 is 9.53 Å². The van der Waals surface area contributed by atoms with Gasteiger partial charge in [-0.2, -0.15) is 0 Å². The number of nitrogens with one attached hydrogen (secondary N) is 1. The minimum absolute atomic E-state index is 0.0463. The van der Waals surface area contributed by atoms with Crippen LogP contribution in [0, 0.1) is 20.8 Å². The largest absolute Gasteiger partial charge is 0.481 e. The van der Waals surface area contributed by atoms with E-state index in [1.165, 1.54) is 5.56 Å². The first kappa shape index (κ1) is 18.1. The van der Waals surface area contributed by atoms with Crippen LogP contribution in [0.3, 0.4) is 0 Å². The minimum atomic E-state index is -0.487. The third-order valence-electron chi connectivity index (χ3n) is 4.07. The highest BCUT2D eigenvalue weighted by Gasteiger charge is 2.20. The van der Waals surface area contributed by atoms with Crippen molar-refractivity contribution in [2.45, 2.75) is 53.2 Å². The summed E-state index contributed by atoms with van der Waals surface area (Å²) >= 11 is 0. The van der Waals surface area contributed by atoms with E-state index in [0.29, 0.717) is 6.42 Å². The van der Waals surface area contributed by atoms with E-state index < -0.39 is 6.10 Å². The van der Waals surface area contributed by atoms with Crippen LogP contribution in [0.4, 0.5) is 0 Å². The van der Waals surface area contributed by atoms with Gasteiger partial charge < -0.3 is 10.1 Å². The molecule has 2 aromatic carbocycles. The molecule has 2 unspecified atom stereocenters. The molecule has 1 N–H and O–H groups in total. The van der Waals surface area contributed by atoms with Gasteiger partial charge in [0.2, 0.25) is 0 Å². The number of ether oxygens (including phenoxy) is 1. The van der Waals surface area contributed by atoms with Gasteiger partial charge in [0.1, 0.15) is 5.75 Å². The van der Waals surface area contributed by atoms with Crippen molar-refractivity contribution in [3.63, 3.8) is 0 Å². The Labute approximate surface area is 145 Å². The molecule has 1 amide bonds. The van der Waals surface area contributed by atoms with Crippen molar-refractivity contribution in [2.24, 2.45) is 0 Å². The van der Waals surface area contributed by atoms with Crippen LogP contribution in [-0.4, -0.2) is 12.0 Å². The van der Waals surface area contributed by atoms with Crippen LogP contribution in [0.5, 0.6) is 5.75 Å². The highest BCUT2D eigenvalue weighted by molar-refractivity contribution is 5.81. The number of hydrogen-bond donors (Lipinski definition) is 1. The van der Waals surface area contributed by atoms with E-state index in [9.17, 15) is 4.79 Å². The highest BCUT2D eigenvalue weighted by atomic mass is 16.5. The maximum absolute atomic E-state index is 12.6. The van der Waals surface area contributed by atoms with Gasteiger partial charge in [-0.25, -0.2) is 0 Å². The van der Waals surface area contributed by atoms with Crippen LogP contribution < -0.4 is 10.1 Å². The molecule has 2 atom stereocenters. The summed E-state index contributed by atoms with van der Waals surface area (Å²) in [6.45, 7) is 10.1. The molecule has 0 spiro atoms. The van der Waals surface area contributed by atoms with Crippen molar-refractivity contribution in [1.29, 1.82) is 0 Å². The van der Waals surface area contributed by atoms with Gasteiger partial charge in [0, 0.05) is 0 Å². The number of carbonyl (C=O) groups excluding carboxylic acids is 1. The molecule has 3 nitrogen and oxygen atoms in total. The first-order chi connectivity index (χ1) is 11.4. The summed E-state index contributed by atoms with van der Waals surface area (Å²) in [5.41, 5.74) is 4.57. The number of aryl methyl sites for hydroxylation is 3. The van der Waals surface area contributed by atoms with Crippen LogP contribution in [0.2, 0.25) is 0 Å². The molecule has 0 aliphatic heterocycles. The molecule has 24 heavy (non-hydrogen) atoms. The van der Waals surface area contributed by atoms with Crippen molar-refractivity contribution in [3.05, 3.63) is 64.7 Å². The van der Waals surface area contributed by atoms with Gasteiger partial charge in [0.05, 0.1) is 6.04 Å². The third kappa shape index (κ3) is 4.85. The lowest BCUT2D eigenvalue weighted by Gasteiger charge is -2.21. The zero-order chi connectivity index (χ0) is 17.7. The van der Waals surface area contributed by atoms with Gasteiger partial charge >= 0.3 is 0 Å². The quantitative estimate of drug-likeness (QED) is 0.840. The van der Waals surface area contributed by atoms with Gasteiger partial charge in [-0.3, -0.25) is 4.79 Å². The van der Waals surface area contributed by atoms with Crippen LogP contribution >= 0.6 is 0 Å². The molecule has 2 aromatic rings. The Kier molecular flexibility index (Phi) is 6.02. The molecule has 128 valence electrons. The Morgan fingerprint density at radius 3 is 2.12 bits per heavy atom. The second-order valence-electron chi connectivity index (χ2n) is 6.48. The Morgan fingerprint density at radius 1 is 1.00 bits per heavy atom. The molecule has 0 saturated heterocycles. The molecule has 0 radical (unpaired) electrons. The Morgan fingerprint density at radius 2 is 1.58 bits per heavy atom. The van der Waals surface area contributed by atoms with Crippen LogP contribution in [0.25, 0.3) is 0 Å². The molecule has 2 rings (SSSR count). The number of rotatable bonds is 6. The summed E-state index contributed by atoms with van der Waals surface area (Å²) in [7, 11) is 0. The maximum atomic E-state index is 12.6. The fourth-order valence-electron chi connectivity index (χ4n) is 2.73. The summed E-state index contributed by atoms with van der Waals surface area (Å²) in [4.78, 5) is 12.6. The SMILES string of the molecule is CCC(Oc1cc(C)cc(C)c1)C(=O)NC(C)c1ccc(C)cc1. The van der Waals surface area contributed by atoms with E-state index in [1.54, 1.807) is 0 Å². The summed E-state index contributed by atoms with van der Waals surface area (Å²) in [5, 5.41) is 3.05. The Bertz CT molecular complexity index is 671. The lowest BCUT2D eigenvalue weighted by atomic mass is 10.1. The summed E-state index contributed by atoms with van der Waals surface area (Å²) in [6, 6.07) is 14.2. The normalized spacial score (nSPS) is 13.2. The van der Waals surface area contributed by atoms with E-state index in [1.807, 2.05) is 52.0 Å². The average molecular weight is 325 g/mol. The van der Waals surface area contributed by atoms with Gasteiger partial charge in [-0.15, -0.1) is 0 Å². The van der Waals surface area contributed by atoms with E-state index in [0.717, 1.165) is 22.4 Å². The first-order valence-corrected chi connectivity index (χ1v) is 8.51. The second-order valence-corrected chi connectivity index (χ2v) is 6.48. The molecule has 0 aromatic heterocycles. The van der Waals surface area contributed by atoms with E-state index >= 15 is 0 Å². The van der Waals surface area contributed by atoms with Gasteiger partial charge in [-0.1, -0.05) is 42.8 Å². The summed E-state index contributed by atoms with van der Waals surface area (Å²) in [6.07, 6.45) is 0.137. The number of hydrogen-bond acceptors (Lipinski definition) is 2. The molecule has 0 aliphatic rings. The number of benzene rings is 2. The predicted octanol–water partition coefficient (Wildman–Crippen LogP) is 4.65. The minimum Gasteiger partial charge on any atom is -0.481 e.